The van der Waals surface area contributed by atoms with Crippen LogP contribution in [-0.4, -0.2) is 15.0 Å². The van der Waals surface area contributed by atoms with Crippen molar-refractivity contribution in [1.29, 1.82) is 0 Å². The highest BCUT2D eigenvalue weighted by molar-refractivity contribution is 7.99. The van der Waals surface area contributed by atoms with Gasteiger partial charge in [-0.1, -0.05) is 82.7 Å². The molecule has 4 aromatic rings. The lowest BCUT2D eigenvalue weighted by Crippen LogP contribution is -1.99. The number of nitrogens with zero attached hydrogens (tertiary/aromatic N) is 3. The van der Waals surface area contributed by atoms with Crippen molar-refractivity contribution in [1.82, 2.24) is 15.0 Å². The van der Waals surface area contributed by atoms with Crippen molar-refractivity contribution >= 4 is 23.6 Å². The zero-order chi connectivity index (χ0) is 27.9. The SMILES string of the molecule is CCCCCCCC.Nc1nccc(-c2cccnc2Oc2cc(F)c(NSCc3ccccc3)cc2F)n1. The molecular formula is C30H35F2N5OS. The molecule has 0 radical (unpaired) electrons. The third-order valence-corrected chi connectivity index (χ3v) is 6.51. The number of ether oxygens (including phenoxy) is 1. The van der Waals surface area contributed by atoms with Gasteiger partial charge in [0.25, 0.3) is 0 Å². The number of anilines is 2. The zero-order valence-electron chi connectivity index (χ0n) is 22.4. The molecule has 2 heterocycles. The Morgan fingerprint density at radius 3 is 2.28 bits per heavy atom. The average molecular weight is 552 g/mol. The van der Waals surface area contributed by atoms with E-state index in [0.717, 1.165) is 17.7 Å². The monoisotopic (exact) mass is 551 g/mol. The molecule has 9 heteroatoms. The Hall–Kier alpha value is -3.72. The molecule has 206 valence electrons. The fourth-order valence-electron chi connectivity index (χ4n) is 3.61. The van der Waals surface area contributed by atoms with E-state index in [1.165, 1.54) is 62.9 Å². The van der Waals surface area contributed by atoms with Crippen LogP contribution < -0.4 is 15.2 Å². The van der Waals surface area contributed by atoms with Gasteiger partial charge in [-0.05, 0) is 35.7 Å². The summed E-state index contributed by atoms with van der Waals surface area (Å²) in [7, 11) is 0. The molecule has 2 aromatic heterocycles. The summed E-state index contributed by atoms with van der Waals surface area (Å²) in [6, 6.07) is 16.7. The lowest BCUT2D eigenvalue weighted by Gasteiger charge is -2.12. The van der Waals surface area contributed by atoms with Gasteiger partial charge in [0.15, 0.2) is 17.4 Å². The van der Waals surface area contributed by atoms with E-state index in [0.29, 0.717) is 17.0 Å². The van der Waals surface area contributed by atoms with E-state index >= 15 is 0 Å². The molecule has 0 spiro atoms. The summed E-state index contributed by atoms with van der Waals surface area (Å²) in [5.41, 5.74) is 7.64. The van der Waals surface area contributed by atoms with Crippen LogP contribution in [0, 0.1) is 11.6 Å². The molecule has 0 saturated heterocycles. The summed E-state index contributed by atoms with van der Waals surface area (Å²) in [6.45, 7) is 4.51. The van der Waals surface area contributed by atoms with E-state index in [1.54, 1.807) is 18.2 Å². The molecule has 0 bridgehead atoms. The molecule has 2 aromatic carbocycles. The fraction of sp³-hybridized carbons (Fsp3) is 0.300. The molecule has 4 rings (SSSR count). The highest BCUT2D eigenvalue weighted by atomic mass is 32.2. The molecular weight excluding hydrogens is 516 g/mol. The Balaban J connectivity index is 0.000000459. The van der Waals surface area contributed by atoms with Crippen LogP contribution in [0.3, 0.4) is 0 Å². The average Bonchev–Trinajstić information content (AvgIpc) is 2.95. The van der Waals surface area contributed by atoms with Gasteiger partial charge in [0.05, 0.1) is 16.9 Å². The van der Waals surface area contributed by atoms with E-state index < -0.39 is 11.6 Å². The minimum absolute atomic E-state index is 0.0237. The number of nitrogens with two attached hydrogens (primary N) is 1. The van der Waals surface area contributed by atoms with Crippen LogP contribution in [0.4, 0.5) is 20.4 Å². The van der Waals surface area contributed by atoms with E-state index in [-0.39, 0.29) is 23.3 Å². The van der Waals surface area contributed by atoms with Crippen LogP contribution in [0.25, 0.3) is 11.3 Å². The lowest BCUT2D eigenvalue weighted by atomic mass is 10.1. The van der Waals surface area contributed by atoms with Crippen LogP contribution >= 0.6 is 11.9 Å². The summed E-state index contributed by atoms with van der Waals surface area (Å²) in [5, 5.41) is 0. The minimum atomic E-state index is -0.733. The van der Waals surface area contributed by atoms with E-state index in [9.17, 15) is 8.78 Å². The van der Waals surface area contributed by atoms with Crippen LogP contribution in [0.5, 0.6) is 11.6 Å². The second kappa shape index (κ2) is 16.3. The maximum absolute atomic E-state index is 14.6. The van der Waals surface area contributed by atoms with Crippen molar-refractivity contribution in [2.75, 3.05) is 10.5 Å². The van der Waals surface area contributed by atoms with Crippen LogP contribution in [0.2, 0.25) is 0 Å². The van der Waals surface area contributed by atoms with E-state index in [4.69, 9.17) is 10.5 Å². The van der Waals surface area contributed by atoms with Gasteiger partial charge in [0, 0.05) is 30.3 Å². The molecule has 0 amide bonds. The zero-order valence-corrected chi connectivity index (χ0v) is 23.2. The third-order valence-electron chi connectivity index (χ3n) is 5.67. The first kappa shape index (κ1) is 29.8. The molecule has 0 aliphatic carbocycles. The van der Waals surface area contributed by atoms with Crippen molar-refractivity contribution < 1.29 is 13.5 Å². The number of nitrogens with one attached hydrogen (secondary N) is 1. The van der Waals surface area contributed by atoms with Crippen molar-refractivity contribution in [2.24, 2.45) is 0 Å². The van der Waals surface area contributed by atoms with Crippen LogP contribution in [-0.2, 0) is 5.75 Å². The number of aromatic nitrogens is 3. The van der Waals surface area contributed by atoms with Crippen molar-refractivity contribution in [3.05, 3.63) is 90.3 Å². The molecule has 6 nitrogen and oxygen atoms in total. The van der Waals surface area contributed by atoms with Gasteiger partial charge in [0.1, 0.15) is 0 Å². The normalized spacial score (nSPS) is 10.5. The number of pyridine rings is 1. The Morgan fingerprint density at radius 1 is 0.846 bits per heavy atom. The van der Waals surface area contributed by atoms with Crippen molar-refractivity contribution in [3.63, 3.8) is 0 Å². The van der Waals surface area contributed by atoms with Crippen molar-refractivity contribution in [3.8, 4) is 22.9 Å². The molecule has 39 heavy (non-hydrogen) atoms. The quantitative estimate of drug-likeness (QED) is 0.134. The van der Waals surface area contributed by atoms with Gasteiger partial charge in [-0.2, -0.15) is 0 Å². The summed E-state index contributed by atoms with van der Waals surface area (Å²) in [6.07, 6.45) is 11.5. The molecule has 0 atom stereocenters. The molecule has 3 N–H and O–H groups in total. The Labute approximate surface area is 233 Å². The van der Waals surface area contributed by atoms with Gasteiger partial charge in [0.2, 0.25) is 11.8 Å². The lowest BCUT2D eigenvalue weighted by molar-refractivity contribution is 0.424. The maximum Gasteiger partial charge on any atom is 0.228 e. The predicted octanol–water partition coefficient (Wildman–Crippen LogP) is 8.82. The number of nitrogen functional groups attached to an aromatic ring is 1. The summed E-state index contributed by atoms with van der Waals surface area (Å²) >= 11 is 1.26. The molecule has 0 saturated carbocycles. The van der Waals surface area contributed by atoms with Gasteiger partial charge in [-0.3, -0.25) is 0 Å². The molecule has 0 fully saturated rings. The largest absolute Gasteiger partial charge is 0.435 e. The number of halogens is 2. The molecule has 0 aliphatic rings. The summed E-state index contributed by atoms with van der Waals surface area (Å²) < 4.78 is 37.6. The standard InChI is InChI=1S/C22H17F2N5OS.C8H18/c23-16-12-20(17(24)11-19(16)29-31-13-14-5-2-1-3-6-14)30-21-15(7-4-9-26-21)18-8-10-27-22(25)28-18;1-3-5-7-8-6-4-2/h1-12,29H,13H2,(H2,25,27,28);3-8H2,1-2H3. The number of benzene rings is 2. The van der Waals surface area contributed by atoms with Gasteiger partial charge in [-0.15, -0.1) is 0 Å². The number of rotatable bonds is 12. The first-order valence-corrected chi connectivity index (χ1v) is 14.1. The van der Waals surface area contributed by atoms with E-state index in [2.05, 4.69) is 33.5 Å². The maximum atomic E-state index is 14.6. The Bertz CT molecular complexity index is 1290. The molecule has 0 unspecified atom stereocenters. The summed E-state index contributed by atoms with van der Waals surface area (Å²) in [4.78, 5) is 12.1. The second-order valence-electron chi connectivity index (χ2n) is 8.81. The van der Waals surface area contributed by atoms with Crippen molar-refractivity contribution in [2.45, 2.75) is 58.1 Å². The van der Waals surface area contributed by atoms with Gasteiger partial charge in [-0.25, -0.2) is 23.7 Å². The predicted molar refractivity (Wildman–Crippen MR) is 157 cm³/mol. The highest BCUT2D eigenvalue weighted by Crippen LogP contribution is 2.34. The smallest absolute Gasteiger partial charge is 0.228 e. The number of hydrogen-bond donors (Lipinski definition) is 2. The first-order valence-electron chi connectivity index (χ1n) is 13.1. The second-order valence-corrected chi connectivity index (χ2v) is 9.59. The summed E-state index contributed by atoms with van der Waals surface area (Å²) in [5.74, 6) is -0.938. The first-order chi connectivity index (χ1) is 19.0. The Morgan fingerprint density at radius 2 is 1.59 bits per heavy atom. The van der Waals surface area contributed by atoms with E-state index in [1.807, 2.05) is 30.3 Å². The van der Waals surface area contributed by atoms with Crippen LogP contribution in [0.1, 0.15) is 57.9 Å². The minimum Gasteiger partial charge on any atom is -0.435 e. The third kappa shape index (κ3) is 9.83. The topological polar surface area (TPSA) is 86.0 Å². The molecule has 0 aliphatic heterocycles. The van der Waals surface area contributed by atoms with Gasteiger partial charge < -0.3 is 15.2 Å². The fourth-order valence-corrected chi connectivity index (χ4v) is 4.35. The number of hydrogen-bond acceptors (Lipinski definition) is 7. The number of unbranched alkanes of at least 4 members (excludes halogenated alkanes) is 5. The van der Waals surface area contributed by atoms with Crippen LogP contribution in [0.15, 0.2) is 73.1 Å². The highest BCUT2D eigenvalue weighted by Gasteiger charge is 2.16. The Kier molecular flexibility index (Phi) is 12.5. The van der Waals surface area contributed by atoms with Gasteiger partial charge >= 0.3 is 0 Å².